The highest BCUT2D eigenvalue weighted by Gasteiger charge is 2.24. The van der Waals surface area contributed by atoms with E-state index in [1.165, 1.54) is 17.5 Å². The maximum Gasteiger partial charge on any atom is 0.253 e. The highest BCUT2D eigenvalue weighted by molar-refractivity contribution is 6.21. The Hall–Kier alpha value is -1.02. The largest absolute Gasteiger partial charge is 0.337 e. The molecule has 0 aromatic heterocycles. The molecule has 1 fully saturated rings. The van der Waals surface area contributed by atoms with Gasteiger partial charge in [0.05, 0.1) is 5.38 Å². The van der Waals surface area contributed by atoms with Gasteiger partial charge in [0.25, 0.3) is 5.91 Å². The fourth-order valence-corrected chi connectivity index (χ4v) is 3.32. The van der Waals surface area contributed by atoms with Crippen LogP contribution in [0.25, 0.3) is 0 Å². The normalized spacial score (nSPS) is 22.9. The second kappa shape index (κ2) is 4.93. The van der Waals surface area contributed by atoms with E-state index in [0.717, 1.165) is 37.8 Å². The molecule has 0 N–H and O–H groups in total. The molecule has 1 aliphatic heterocycles. The van der Waals surface area contributed by atoms with Crippen molar-refractivity contribution in [3.8, 4) is 0 Å². The van der Waals surface area contributed by atoms with E-state index in [1.807, 2.05) is 11.0 Å². The van der Waals surface area contributed by atoms with Crippen LogP contribution in [-0.4, -0.2) is 29.3 Å². The lowest BCUT2D eigenvalue weighted by Gasteiger charge is -2.30. The molecule has 1 amide bonds. The van der Waals surface area contributed by atoms with Crippen LogP contribution in [-0.2, 0) is 12.8 Å². The van der Waals surface area contributed by atoms with E-state index in [0.29, 0.717) is 6.54 Å². The first-order chi connectivity index (χ1) is 8.74. The molecule has 96 valence electrons. The Morgan fingerprint density at radius 3 is 2.89 bits per heavy atom. The molecule has 1 aromatic carbocycles. The van der Waals surface area contributed by atoms with E-state index >= 15 is 0 Å². The highest BCUT2D eigenvalue weighted by Crippen LogP contribution is 2.24. The fraction of sp³-hybridized carbons (Fsp3) is 0.533. The smallest absolute Gasteiger partial charge is 0.253 e. The van der Waals surface area contributed by atoms with Crippen LogP contribution in [0.5, 0.6) is 0 Å². The van der Waals surface area contributed by atoms with E-state index in [4.69, 9.17) is 11.6 Å². The predicted molar refractivity (Wildman–Crippen MR) is 73.2 cm³/mol. The van der Waals surface area contributed by atoms with Crippen LogP contribution in [0.4, 0.5) is 0 Å². The third-order valence-electron chi connectivity index (χ3n) is 4.00. The molecule has 1 atom stereocenters. The van der Waals surface area contributed by atoms with Gasteiger partial charge in [-0.15, -0.1) is 11.6 Å². The first-order valence-electron chi connectivity index (χ1n) is 6.79. The predicted octanol–water partition coefficient (Wildman–Crippen LogP) is 3.02. The molecule has 1 unspecified atom stereocenters. The summed E-state index contributed by atoms with van der Waals surface area (Å²) in [5.74, 6) is 0.148. The summed E-state index contributed by atoms with van der Waals surface area (Å²) in [6.45, 7) is 1.54. The minimum absolute atomic E-state index is 0.122. The lowest BCUT2D eigenvalue weighted by atomic mass is 10.0. The van der Waals surface area contributed by atoms with E-state index in [-0.39, 0.29) is 11.3 Å². The molecule has 0 radical (unpaired) electrons. The van der Waals surface area contributed by atoms with Gasteiger partial charge in [-0.2, -0.15) is 0 Å². The van der Waals surface area contributed by atoms with Crippen molar-refractivity contribution < 1.29 is 4.79 Å². The molecule has 0 bridgehead atoms. The van der Waals surface area contributed by atoms with Gasteiger partial charge >= 0.3 is 0 Å². The minimum atomic E-state index is 0.122. The number of carbonyl (C=O) groups is 1. The summed E-state index contributed by atoms with van der Waals surface area (Å²) in [6, 6.07) is 6.19. The van der Waals surface area contributed by atoms with E-state index in [9.17, 15) is 4.79 Å². The number of rotatable bonds is 1. The number of alkyl halides is 1. The zero-order valence-corrected chi connectivity index (χ0v) is 11.2. The quantitative estimate of drug-likeness (QED) is 0.714. The van der Waals surface area contributed by atoms with Crippen molar-refractivity contribution in [3.63, 3.8) is 0 Å². The summed E-state index contributed by atoms with van der Waals surface area (Å²) in [6.07, 6.45) is 5.55. The van der Waals surface area contributed by atoms with Crippen molar-refractivity contribution in [1.29, 1.82) is 0 Å². The van der Waals surface area contributed by atoms with E-state index < -0.39 is 0 Å². The second-order valence-electron chi connectivity index (χ2n) is 5.33. The van der Waals surface area contributed by atoms with Gasteiger partial charge in [0.15, 0.2) is 0 Å². The summed E-state index contributed by atoms with van der Waals surface area (Å²) in [5, 5.41) is 0.122. The number of benzene rings is 1. The molecule has 3 rings (SSSR count). The van der Waals surface area contributed by atoms with Crippen LogP contribution in [0.3, 0.4) is 0 Å². The number of hydrogen-bond donors (Lipinski definition) is 0. The van der Waals surface area contributed by atoms with Gasteiger partial charge in [0.2, 0.25) is 0 Å². The van der Waals surface area contributed by atoms with Crippen molar-refractivity contribution in [3.05, 3.63) is 34.9 Å². The molecular weight excluding hydrogens is 246 g/mol. The number of aryl methyl sites for hydroxylation is 2. The van der Waals surface area contributed by atoms with Gasteiger partial charge < -0.3 is 4.90 Å². The Labute approximate surface area is 113 Å². The Balaban J connectivity index is 1.79. The number of piperidine rings is 1. The highest BCUT2D eigenvalue weighted by atomic mass is 35.5. The number of nitrogens with zero attached hydrogens (tertiary/aromatic N) is 1. The number of hydrogen-bond acceptors (Lipinski definition) is 1. The van der Waals surface area contributed by atoms with Crippen LogP contribution in [0, 0.1) is 0 Å². The maximum atomic E-state index is 12.4. The number of likely N-dealkylation sites (tertiary alicyclic amines) is 1. The average Bonchev–Trinajstić information content (AvgIpc) is 2.85. The van der Waals surface area contributed by atoms with Crippen molar-refractivity contribution in [2.75, 3.05) is 13.1 Å². The Kier molecular flexibility index (Phi) is 3.29. The Bertz CT molecular complexity index is 472. The van der Waals surface area contributed by atoms with Crippen LogP contribution in [0.15, 0.2) is 18.2 Å². The Morgan fingerprint density at radius 2 is 2.06 bits per heavy atom. The second-order valence-corrected chi connectivity index (χ2v) is 5.94. The average molecular weight is 264 g/mol. The zero-order chi connectivity index (χ0) is 12.5. The van der Waals surface area contributed by atoms with Crippen LogP contribution >= 0.6 is 11.6 Å². The SMILES string of the molecule is O=C(c1ccc2c(c1)CCC2)N1CCCC(Cl)C1. The lowest BCUT2D eigenvalue weighted by Crippen LogP contribution is -2.40. The first-order valence-corrected chi connectivity index (χ1v) is 7.23. The lowest BCUT2D eigenvalue weighted by molar-refractivity contribution is 0.0727. The molecule has 1 aromatic rings. The van der Waals surface area contributed by atoms with E-state index in [1.54, 1.807) is 0 Å². The Morgan fingerprint density at radius 1 is 1.22 bits per heavy atom. The van der Waals surface area contributed by atoms with Crippen molar-refractivity contribution >= 4 is 17.5 Å². The molecule has 18 heavy (non-hydrogen) atoms. The van der Waals surface area contributed by atoms with Gasteiger partial charge in [-0.05, 0) is 55.4 Å². The van der Waals surface area contributed by atoms with E-state index in [2.05, 4.69) is 12.1 Å². The number of amides is 1. The van der Waals surface area contributed by atoms with Crippen LogP contribution in [0.2, 0.25) is 0 Å². The number of carbonyl (C=O) groups excluding carboxylic acids is 1. The summed E-state index contributed by atoms with van der Waals surface area (Å²) < 4.78 is 0. The van der Waals surface area contributed by atoms with Gasteiger partial charge in [-0.25, -0.2) is 0 Å². The minimum Gasteiger partial charge on any atom is -0.337 e. The standard InChI is InChI=1S/C15H18ClNO/c16-14-5-2-8-17(10-14)15(18)13-7-6-11-3-1-4-12(11)9-13/h6-7,9,14H,1-5,8,10H2. The molecule has 1 aliphatic carbocycles. The third-order valence-corrected chi connectivity index (χ3v) is 4.35. The molecular formula is C15H18ClNO. The monoisotopic (exact) mass is 263 g/mol. The molecule has 1 heterocycles. The van der Waals surface area contributed by atoms with Gasteiger partial charge in [-0.1, -0.05) is 6.07 Å². The van der Waals surface area contributed by atoms with Crippen LogP contribution in [0.1, 0.15) is 40.7 Å². The number of fused-ring (bicyclic) bond motifs is 1. The summed E-state index contributed by atoms with van der Waals surface area (Å²) >= 11 is 6.14. The van der Waals surface area contributed by atoms with Crippen molar-refractivity contribution in [2.45, 2.75) is 37.5 Å². The molecule has 1 saturated heterocycles. The topological polar surface area (TPSA) is 20.3 Å². The summed E-state index contributed by atoms with van der Waals surface area (Å²) in [4.78, 5) is 14.3. The first kappa shape index (κ1) is 12.0. The number of halogens is 1. The van der Waals surface area contributed by atoms with Crippen LogP contribution < -0.4 is 0 Å². The fourth-order valence-electron chi connectivity index (χ4n) is 3.00. The van der Waals surface area contributed by atoms with Crippen molar-refractivity contribution in [2.24, 2.45) is 0 Å². The summed E-state index contributed by atoms with van der Waals surface area (Å²) in [5.41, 5.74) is 3.61. The molecule has 2 aliphatic rings. The molecule has 3 heteroatoms. The van der Waals surface area contributed by atoms with Gasteiger partial charge in [0, 0.05) is 18.7 Å². The van der Waals surface area contributed by atoms with Crippen molar-refractivity contribution in [1.82, 2.24) is 4.90 Å². The molecule has 2 nitrogen and oxygen atoms in total. The molecule has 0 spiro atoms. The summed E-state index contributed by atoms with van der Waals surface area (Å²) in [7, 11) is 0. The van der Waals surface area contributed by atoms with Gasteiger partial charge in [-0.3, -0.25) is 4.79 Å². The van der Waals surface area contributed by atoms with Gasteiger partial charge in [0.1, 0.15) is 0 Å². The maximum absolute atomic E-state index is 12.4. The molecule has 0 saturated carbocycles. The zero-order valence-electron chi connectivity index (χ0n) is 10.5. The third kappa shape index (κ3) is 2.26.